The van der Waals surface area contributed by atoms with Crippen LogP contribution in [0.3, 0.4) is 0 Å². The molecular formula is C28H23BrN6O. The summed E-state index contributed by atoms with van der Waals surface area (Å²) < 4.78 is 2.79. The second-order valence-corrected chi connectivity index (χ2v) is 9.62. The van der Waals surface area contributed by atoms with E-state index < -0.39 is 0 Å². The Morgan fingerprint density at radius 1 is 0.917 bits per heavy atom. The first kappa shape index (κ1) is 22.5. The average Bonchev–Trinajstić information content (AvgIpc) is 3.39. The number of fused-ring (bicyclic) bond motifs is 2. The van der Waals surface area contributed by atoms with Gasteiger partial charge in [0.1, 0.15) is 0 Å². The zero-order valence-electron chi connectivity index (χ0n) is 19.3. The predicted molar refractivity (Wildman–Crippen MR) is 146 cm³/mol. The summed E-state index contributed by atoms with van der Waals surface area (Å²) >= 11 is 3.48. The van der Waals surface area contributed by atoms with E-state index in [1.54, 1.807) is 10.7 Å². The fraction of sp³-hybridized carbons (Fsp3) is 0.107. The molecule has 2 aromatic heterocycles. The van der Waals surface area contributed by atoms with Gasteiger partial charge in [0.05, 0.1) is 17.4 Å². The summed E-state index contributed by atoms with van der Waals surface area (Å²) in [6, 6.07) is 25.5. The molecule has 7 nitrogen and oxygen atoms in total. The van der Waals surface area contributed by atoms with Crippen molar-refractivity contribution in [3.8, 4) is 11.3 Å². The van der Waals surface area contributed by atoms with E-state index in [2.05, 4.69) is 37.0 Å². The Labute approximate surface area is 216 Å². The smallest absolute Gasteiger partial charge is 0.255 e. The Morgan fingerprint density at radius 2 is 1.72 bits per heavy atom. The molecule has 0 unspecified atom stereocenters. The van der Waals surface area contributed by atoms with Gasteiger partial charge in [-0.3, -0.25) is 4.79 Å². The lowest BCUT2D eigenvalue weighted by Gasteiger charge is -2.17. The maximum atomic E-state index is 12.8. The number of nitrogens with one attached hydrogen (secondary N) is 3. The van der Waals surface area contributed by atoms with E-state index >= 15 is 0 Å². The van der Waals surface area contributed by atoms with Gasteiger partial charge in [-0.2, -0.15) is 5.10 Å². The highest BCUT2D eigenvalue weighted by atomic mass is 79.9. The lowest BCUT2D eigenvalue weighted by molar-refractivity contribution is 0.102. The number of anilines is 3. The highest BCUT2D eigenvalue weighted by molar-refractivity contribution is 9.10. The Balaban J connectivity index is 1.20. The van der Waals surface area contributed by atoms with Gasteiger partial charge in [0, 0.05) is 33.5 Å². The van der Waals surface area contributed by atoms with Crippen molar-refractivity contribution in [3.05, 3.63) is 106 Å². The van der Waals surface area contributed by atoms with Crippen LogP contribution in [0.4, 0.5) is 17.3 Å². The molecule has 0 saturated heterocycles. The van der Waals surface area contributed by atoms with Crippen LogP contribution in [-0.2, 0) is 13.0 Å². The lowest BCUT2D eigenvalue weighted by atomic mass is 9.98. The maximum absolute atomic E-state index is 12.8. The van der Waals surface area contributed by atoms with Crippen molar-refractivity contribution in [1.29, 1.82) is 0 Å². The van der Waals surface area contributed by atoms with Crippen LogP contribution in [0, 0.1) is 0 Å². The Kier molecular flexibility index (Phi) is 5.96. The third-order valence-electron chi connectivity index (χ3n) is 6.28. The highest BCUT2D eigenvalue weighted by Gasteiger charge is 2.13. The van der Waals surface area contributed by atoms with Crippen LogP contribution in [0.15, 0.2) is 89.5 Å². The molecular weight excluding hydrogens is 516 g/mol. The molecule has 0 fully saturated rings. The van der Waals surface area contributed by atoms with E-state index in [1.165, 1.54) is 11.1 Å². The van der Waals surface area contributed by atoms with Gasteiger partial charge < -0.3 is 16.0 Å². The van der Waals surface area contributed by atoms with E-state index in [1.807, 2.05) is 78.9 Å². The lowest BCUT2D eigenvalue weighted by Crippen LogP contribution is -2.24. The van der Waals surface area contributed by atoms with Gasteiger partial charge >= 0.3 is 0 Å². The van der Waals surface area contributed by atoms with Gasteiger partial charge in [-0.1, -0.05) is 34.1 Å². The third kappa shape index (κ3) is 4.60. The Hall–Kier alpha value is -4.01. The highest BCUT2D eigenvalue weighted by Crippen LogP contribution is 2.26. The minimum absolute atomic E-state index is 0.112. The first-order valence-electron chi connectivity index (χ1n) is 11.7. The minimum atomic E-state index is -0.112. The van der Waals surface area contributed by atoms with Crippen molar-refractivity contribution < 1.29 is 4.79 Å². The number of nitrogens with zero attached hydrogens (tertiary/aromatic N) is 3. The number of hydrogen-bond donors (Lipinski definition) is 3. The fourth-order valence-electron chi connectivity index (χ4n) is 4.37. The summed E-state index contributed by atoms with van der Waals surface area (Å²) in [6.45, 7) is 1.80. The van der Waals surface area contributed by atoms with E-state index in [0.29, 0.717) is 11.5 Å². The van der Waals surface area contributed by atoms with E-state index in [0.717, 1.165) is 52.1 Å². The number of halogens is 1. The summed E-state index contributed by atoms with van der Waals surface area (Å²) in [6.07, 6.45) is 2.70. The molecule has 8 heteroatoms. The summed E-state index contributed by atoms with van der Waals surface area (Å²) in [5.41, 5.74) is 7.55. The summed E-state index contributed by atoms with van der Waals surface area (Å²) in [5.74, 6) is 0.495. The van der Waals surface area contributed by atoms with Crippen molar-refractivity contribution in [2.75, 3.05) is 17.2 Å². The molecule has 1 aliphatic heterocycles. The molecule has 0 saturated carbocycles. The molecule has 0 radical (unpaired) electrons. The average molecular weight is 539 g/mol. The van der Waals surface area contributed by atoms with E-state index in [9.17, 15) is 4.79 Å². The van der Waals surface area contributed by atoms with Crippen LogP contribution in [-0.4, -0.2) is 27.0 Å². The van der Waals surface area contributed by atoms with Crippen molar-refractivity contribution in [2.45, 2.75) is 13.0 Å². The molecule has 1 amide bonds. The zero-order chi connectivity index (χ0) is 24.5. The van der Waals surface area contributed by atoms with Gasteiger partial charge in [0.25, 0.3) is 5.91 Å². The zero-order valence-corrected chi connectivity index (χ0v) is 20.9. The molecule has 0 aliphatic carbocycles. The van der Waals surface area contributed by atoms with Crippen molar-refractivity contribution >= 4 is 44.7 Å². The molecule has 5 aromatic rings. The van der Waals surface area contributed by atoms with E-state index in [-0.39, 0.29) is 5.91 Å². The molecule has 0 bridgehead atoms. The van der Waals surface area contributed by atoms with Gasteiger partial charge in [-0.15, -0.1) is 0 Å². The summed E-state index contributed by atoms with van der Waals surface area (Å²) in [4.78, 5) is 17.6. The van der Waals surface area contributed by atoms with Crippen LogP contribution in [0.2, 0.25) is 0 Å². The van der Waals surface area contributed by atoms with Gasteiger partial charge in [0.15, 0.2) is 0 Å². The molecule has 3 aromatic carbocycles. The number of benzene rings is 3. The van der Waals surface area contributed by atoms with Crippen LogP contribution in [0.5, 0.6) is 0 Å². The molecule has 178 valence electrons. The van der Waals surface area contributed by atoms with Crippen LogP contribution >= 0.6 is 15.9 Å². The van der Waals surface area contributed by atoms with Gasteiger partial charge in [-0.25, -0.2) is 9.50 Å². The molecule has 3 N–H and O–H groups in total. The molecule has 0 atom stereocenters. The third-order valence-corrected chi connectivity index (χ3v) is 6.81. The van der Waals surface area contributed by atoms with Crippen LogP contribution in [0.25, 0.3) is 16.8 Å². The van der Waals surface area contributed by atoms with E-state index in [4.69, 9.17) is 4.98 Å². The van der Waals surface area contributed by atoms with Crippen LogP contribution < -0.4 is 16.0 Å². The Bertz CT molecular complexity index is 1560. The molecule has 1 aliphatic rings. The first-order chi connectivity index (χ1) is 17.6. The second-order valence-electron chi connectivity index (χ2n) is 8.71. The topological polar surface area (TPSA) is 83.3 Å². The molecule has 36 heavy (non-hydrogen) atoms. The number of carbonyl (C=O) groups excluding carboxylic acids is 1. The van der Waals surface area contributed by atoms with Gasteiger partial charge in [-0.05, 0) is 84.8 Å². The van der Waals surface area contributed by atoms with Crippen LogP contribution in [0.1, 0.15) is 21.5 Å². The number of aromatic nitrogens is 3. The minimum Gasteiger partial charge on any atom is -0.324 e. The fourth-order valence-corrected chi connectivity index (χ4v) is 4.64. The Morgan fingerprint density at radius 3 is 2.56 bits per heavy atom. The number of carbonyl (C=O) groups is 1. The SMILES string of the molecule is O=C(Nc1ccc(Nc2nc(-c3ccc(Br)cc3)cc3ccnn23)cc1)c1ccc2c(c1)CCNC2. The van der Waals surface area contributed by atoms with Crippen molar-refractivity contribution in [2.24, 2.45) is 0 Å². The molecule has 3 heterocycles. The first-order valence-corrected chi connectivity index (χ1v) is 12.5. The summed E-state index contributed by atoms with van der Waals surface area (Å²) in [5, 5.41) is 14.1. The maximum Gasteiger partial charge on any atom is 0.255 e. The number of amides is 1. The molecule has 0 spiro atoms. The van der Waals surface area contributed by atoms with Crippen molar-refractivity contribution in [1.82, 2.24) is 19.9 Å². The quantitative estimate of drug-likeness (QED) is 0.263. The predicted octanol–water partition coefficient (Wildman–Crippen LogP) is 5.80. The van der Waals surface area contributed by atoms with Crippen molar-refractivity contribution in [3.63, 3.8) is 0 Å². The normalized spacial score (nSPS) is 12.8. The molecule has 6 rings (SSSR count). The largest absolute Gasteiger partial charge is 0.324 e. The van der Waals surface area contributed by atoms with Gasteiger partial charge in [0.2, 0.25) is 5.95 Å². The monoisotopic (exact) mass is 538 g/mol. The standard InChI is InChI=1S/C28H23BrN6O/c29-22-5-3-18(4-6-22)26-16-25-12-14-31-35(25)28(34-26)33-24-9-7-23(8-10-24)32-27(36)20-1-2-21-17-30-13-11-19(21)15-20/h1-10,12,14-16,30H,11,13,17H2,(H,32,36)(H,33,34). The number of rotatable bonds is 5. The second kappa shape index (κ2) is 9.56. The number of hydrogen-bond acceptors (Lipinski definition) is 5. The summed E-state index contributed by atoms with van der Waals surface area (Å²) in [7, 11) is 0.